The first-order chi connectivity index (χ1) is 13.1. The molecule has 2 N–H and O–H groups in total. The molecule has 2 fully saturated rings. The Bertz CT molecular complexity index is 956. The number of aliphatic hydroxyl groups is 2. The highest BCUT2D eigenvalue weighted by atomic mass is 32.1. The number of aliphatic hydroxyl groups excluding tert-OH is 2. The molecule has 2 aliphatic rings. The number of hydrogen-bond donors (Lipinski definition) is 2. The smallest absolute Gasteiger partial charge is 0.228 e. The van der Waals surface area contributed by atoms with E-state index in [9.17, 15) is 15.0 Å². The Balaban J connectivity index is 1.34. The van der Waals surface area contributed by atoms with Crippen molar-refractivity contribution in [1.82, 2.24) is 14.3 Å². The zero-order valence-electron chi connectivity index (χ0n) is 14.7. The largest absolute Gasteiger partial charge is 0.396 e. The lowest BCUT2D eigenvalue weighted by molar-refractivity contribution is -0.129. The molecular weight excluding hydrogens is 362 g/mol. The molecule has 3 heterocycles. The van der Waals surface area contributed by atoms with Crippen molar-refractivity contribution in [3.63, 3.8) is 0 Å². The minimum atomic E-state index is -0.616. The summed E-state index contributed by atoms with van der Waals surface area (Å²) in [5.41, 5.74) is 1.44. The van der Waals surface area contributed by atoms with E-state index in [4.69, 9.17) is 0 Å². The number of β-amino-alcohol motifs (C(OH)–C–C–N with tert-alkyl or cyclic N) is 1. The second-order valence-corrected chi connectivity index (χ2v) is 8.45. The van der Waals surface area contributed by atoms with Gasteiger partial charge in [-0.15, -0.1) is 11.3 Å². The van der Waals surface area contributed by atoms with Crippen LogP contribution in [0.2, 0.25) is 0 Å². The standard InChI is InChI=1S/C20H21N3O3S/c24-11-15-18(13-4-2-1-3-5-13)20(15)12-23(10-16(20)25)17(26)8-14-9-22-6-7-27-19(22)21-14/h1-7,9,15-16,18,24-25H,8,10-12H2/t15-,16-,18-,20-/m1/s1. The molecule has 1 aromatic carbocycles. The van der Waals surface area contributed by atoms with Crippen molar-refractivity contribution in [2.24, 2.45) is 11.3 Å². The van der Waals surface area contributed by atoms with Crippen LogP contribution in [-0.2, 0) is 11.2 Å². The Morgan fingerprint density at radius 1 is 1.33 bits per heavy atom. The first-order valence-electron chi connectivity index (χ1n) is 9.16. The highest BCUT2D eigenvalue weighted by molar-refractivity contribution is 7.15. The number of hydrogen-bond acceptors (Lipinski definition) is 5. The summed E-state index contributed by atoms with van der Waals surface area (Å²) in [6, 6.07) is 9.99. The number of fused-ring (bicyclic) bond motifs is 1. The van der Waals surface area contributed by atoms with E-state index >= 15 is 0 Å². The van der Waals surface area contributed by atoms with Crippen LogP contribution in [0.5, 0.6) is 0 Å². The first-order valence-corrected chi connectivity index (χ1v) is 10.0. The van der Waals surface area contributed by atoms with Crippen LogP contribution >= 0.6 is 11.3 Å². The molecule has 0 radical (unpaired) electrons. The lowest BCUT2D eigenvalue weighted by atomic mass is 9.95. The molecule has 6 nitrogen and oxygen atoms in total. The van der Waals surface area contributed by atoms with E-state index in [1.54, 1.807) is 4.90 Å². The van der Waals surface area contributed by atoms with Gasteiger partial charge in [-0.1, -0.05) is 30.3 Å². The molecule has 0 unspecified atom stereocenters. The highest BCUT2D eigenvalue weighted by Gasteiger charge is 2.71. The lowest BCUT2D eigenvalue weighted by Crippen LogP contribution is -2.31. The quantitative estimate of drug-likeness (QED) is 0.716. The van der Waals surface area contributed by atoms with Gasteiger partial charge in [-0.05, 0) is 17.4 Å². The van der Waals surface area contributed by atoms with Gasteiger partial charge >= 0.3 is 0 Å². The molecule has 1 aliphatic carbocycles. The Morgan fingerprint density at radius 3 is 2.89 bits per heavy atom. The van der Waals surface area contributed by atoms with Gasteiger partial charge in [-0.25, -0.2) is 4.98 Å². The number of likely N-dealkylation sites (tertiary alicyclic amines) is 1. The van der Waals surface area contributed by atoms with Crippen LogP contribution in [0.3, 0.4) is 0 Å². The second-order valence-electron chi connectivity index (χ2n) is 7.58. The second kappa shape index (κ2) is 6.15. The van der Waals surface area contributed by atoms with E-state index in [1.807, 2.05) is 52.5 Å². The molecule has 27 heavy (non-hydrogen) atoms. The SMILES string of the molecule is O=C(Cc1cn2ccsc2n1)N1C[C@@H](O)[C@@]2(C1)[C@H](CO)[C@H]2c1ccccc1. The first kappa shape index (κ1) is 16.9. The van der Waals surface area contributed by atoms with Crippen LogP contribution in [0.25, 0.3) is 4.96 Å². The molecule has 1 spiro atoms. The Labute approximate surface area is 160 Å². The van der Waals surface area contributed by atoms with E-state index in [-0.39, 0.29) is 30.8 Å². The topological polar surface area (TPSA) is 78.1 Å². The molecule has 1 aliphatic heterocycles. The van der Waals surface area contributed by atoms with Gasteiger partial charge in [0, 0.05) is 42.9 Å². The molecule has 3 aromatic rings. The average Bonchev–Trinajstić information content (AvgIpc) is 2.97. The molecule has 1 amide bonds. The number of aromatic nitrogens is 2. The Hall–Kier alpha value is -2.22. The van der Waals surface area contributed by atoms with Crippen LogP contribution in [0.15, 0.2) is 48.1 Å². The Kier molecular flexibility index (Phi) is 3.86. The maximum absolute atomic E-state index is 12.8. The Morgan fingerprint density at radius 2 is 2.15 bits per heavy atom. The van der Waals surface area contributed by atoms with Crippen molar-refractivity contribution in [3.8, 4) is 0 Å². The number of benzene rings is 1. The van der Waals surface area contributed by atoms with Crippen molar-refractivity contribution >= 4 is 22.2 Å². The van der Waals surface area contributed by atoms with Crippen LogP contribution < -0.4 is 0 Å². The summed E-state index contributed by atoms with van der Waals surface area (Å²) in [5.74, 6) is 0.0622. The fourth-order valence-corrected chi connectivity index (χ4v) is 5.61. The minimum absolute atomic E-state index is 0.00866. The summed E-state index contributed by atoms with van der Waals surface area (Å²) in [4.78, 5) is 19.9. The van der Waals surface area contributed by atoms with Gasteiger partial charge in [-0.3, -0.25) is 9.20 Å². The normalized spacial score (nSPS) is 29.7. The van der Waals surface area contributed by atoms with Gasteiger partial charge < -0.3 is 15.1 Å². The van der Waals surface area contributed by atoms with Crippen molar-refractivity contribution in [3.05, 3.63) is 59.4 Å². The van der Waals surface area contributed by atoms with Gasteiger partial charge in [0.25, 0.3) is 0 Å². The number of rotatable bonds is 4. The van der Waals surface area contributed by atoms with E-state index in [0.29, 0.717) is 13.1 Å². The highest BCUT2D eigenvalue weighted by Crippen LogP contribution is 2.68. The predicted molar refractivity (Wildman–Crippen MR) is 102 cm³/mol. The molecule has 5 rings (SSSR count). The molecule has 1 saturated heterocycles. The molecule has 140 valence electrons. The van der Waals surface area contributed by atoms with Gasteiger partial charge in [0.05, 0.1) is 18.2 Å². The number of carbonyl (C=O) groups excluding carboxylic acids is 1. The van der Waals surface area contributed by atoms with Gasteiger partial charge in [-0.2, -0.15) is 0 Å². The fourth-order valence-electron chi connectivity index (χ4n) is 4.89. The fraction of sp³-hybridized carbons (Fsp3) is 0.400. The third kappa shape index (κ3) is 2.53. The third-order valence-corrected chi connectivity index (χ3v) is 7.00. The van der Waals surface area contributed by atoms with Crippen molar-refractivity contribution in [1.29, 1.82) is 0 Å². The van der Waals surface area contributed by atoms with Crippen molar-refractivity contribution < 1.29 is 15.0 Å². The maximum Gasteiger partial charge on any atom is 0.228 e. The van der Waals surface area contributed by atoms with Crippen LogP contribution in [-0.4, -0.2) is 56.2 Å². The van der Waals surface area contributed by atoms with Crippen molar-refractivity contribution in [2.75, 3.05) is 19.7 Å². The van der Waals surface area contributed by atoms with Crippen molar-refractivity contribution in [2.45, 2.75) is 18.4 Å². The van der Waals surface area contributed by atoms with E-state index < -0.39 is 11.5 Å². The summed E-state index contributed by atoms with van der Waals surface area (Å²) in [5, 5.41) is 22.6. The van der Waals surface area contributed by atoms with E-state index in [0.717, 1.165) is 16.2 Å². The number of imidazole rings is 1. The van der Waals surface area contributed by atoms with E-state index in [1.165, 1.54) is 11.3 Å². The number of thiazole rings is 1. The number of nitrogens with zero attached hydrogens (tertiary/aromatic N) is 3. The average molecular weight is 383 g/mol. The maximum atomic E-state index is 12.8. The lowest BCUT2D eigenvalue weighted by Gasteiger charge is -2.16. The van der Waals surface area contributed by atoms with Crippen LogP contribution in [0.1, 0.15) is 17.2 Å². The van der Waals surface area contributed by atoms with E-state index in [2.05, 4.69) is 4.98 Å². The summed E-state index contributed by atoms with van der Waals surface area (Å²) in [6.45, 7) is 0.830. The third-order valence-electron chi connectivity index (χ3n) is 6.22. The summed E-state index contributed by atoms with van der Waals surface area (Å²) >= 11 is 1.54. The molecule has 4 atom stereocenters. The summed E-state index contributed by atoms with van der Waals surface area (Å²) in [7, 11) is 0. The molecular formula is C20H21N3O3S. The van der Waals surface area contributed by atoms with Crippen LogP contribution in [0, 0.1) is 11.3 Å². The minimum Gasteiger partial charge on any atom is -0.396 e. The number of amides is 1. The molecule has 0 bridgehead atoms. The van der Waals surface area contributed by atoms with Gasteiger partial charge in [0.15, 0.2) is 4.96 Å². The van der Waals surface area contributed by atoms with Gasteiger partial charge in [0.2, 0.25) is 5.91 Å². The molecule has 1 saturated carbocycles. The zero-order valence-corrected chi connectivity index (χ0v) is 15.5. The molecule has 7 heteroatoms. The summed E-state index contributed by atoms with van der Waals surface area (Å²) < 4.78 is 1.92. The zero-order chi connectivity index (χ0) is 18.6. The van der Waals surface area contributed by atoms with Crippen LogP contribution in [0.4, 0.5) is 0 Å². The van der Waals surface area contributed by atoms with Gasteiger partial charge in [0.1, 0.15) is 0 Å². The predicted octanol–water partition coefficient (Wildman–Crippen LogP) is 1.53. The monoisotopic (exact) mass is 383 g/mol. The summed E-state index contributed by atoms with van der Waals surface area (Å²) in [6.07, 6.45) is 3.42. The molecule has 2 aromatic heterocycles. The number of carbonyl (C=O) groups is 1.